The van der Waals surface area contributed by atoms with E-state index in [4.69, 9.17) is 0 Å². The fraction of sp³-hybridized carbons (Fsp3) is 0.333. The van der Waals surface area contributed by atoms with Crippen molar-refractivity contribution in [2.45, 2.75) is 20.8 Å². The van der Waals surface area contributed by atoms with Gasteiger partial charge in [0.2, 0.25) is 0 Å². The number of hydrogen-bond acceptors (Lipinski definition) is 0. The zero-order valence-corrected chi connectivity index (χ0v) is 7.15. The van der Waals surface area contributed by atoms with Gasteiger partial charge >= 0.3 is 51.4 Å². The molecule has 0 saturated heterocycles. The number of hydrogen-bond donors (Lipinski definition) is 0. The maximum absolute atomic E-state index is 2.22. The van der Waals surface area contributed by atoms with Crippen molar-refractivity contribution in [3.63, 3.8) is 0 Å². The first-order valence-corrected chi connectivity index (χ1v) is 3.65. The summed E-state index contributed by atoms with van der Waals surface area (Å²) in [5.41, 5.74) is 5.58. The molecule has 0 N–H and O–H groups in total. The molecule has 2 heteroatoms. The summed E-state index contributed by atoms with van der Waals surface area (Å²) >= 11 is 0. The average molecular weight is 172 g/mol. The van der Waals surface area contributed by atoms with E-state index in [2.05, 4.69) is 40.8 Å². The van der Waals surface area contributed by atoms with Crippen molar-refractivity contribution in [2.75, 3.05) is 0 Å². The van der Waals surface area contributed by atoms with Gasteiger partial charge in [-0.15, -0.1) is 0 Å². The number of rotatable bonds is 0. The Hall–Kier alpha value is 0.921. The van der Waals surface area contributed by atoms with E-state index >= 15 is 0 Å². The Morgan fingerprint density at radius 1 is 1.00 bits per heavy atom. The minimum atomic E-state index is 0. The van der Waals surface area contributed by atoms with Crippen molar-refractivity contribution in [3.05, 3.63) is 28.8 Å². The average Bonchev–Trinajstić information content (AvgIpc) is 1.82. The monoisotopic (exact) mass is 172 g/mol. The molecule has 0 aliphatic rings. The van der Waals surface area contributed by atoms with Crippen LogP contribution in [0.25, 0.3) is 0 Å². The maximum atomic E-state index is 2.22. The van der Waals surface area contributed by atoms with Crippen LogP contribution in [0.3, 0.4) is 0 Å². The predicted molar refractivity (Wildman–Crippen MR) is 56.0 cm³/mol. The Morgan fingerprint density at radius 2 is 1.36 bits per heavy atom. The molecule has 0 aliphatic heterocycles. The number of benzene rings is 1. The molecule has 1 rings (SSSR count). The van der Waals surface area contributed by atoms with Gasteiger partial charge in [-0.2, -0.15) is 0 Å². The molecular weight excluding hydrogens is 158 g/mol. The summed E-state index contributed by atoms with van der Waals surface area (Å²) in [4.78, 5) is 0. The molecule has 0 fully saturated rings. The first kappa shape index (κ1) is 11.9. The van der Waals surface area contributed by atoms with Crippen molar-refractivity contribution >= 4 is 64.7 Å². The molecule has 0 aliphatic carbocycles. The summed E-state index contributed by atoms with van der Waals surface area (Å²) in [6.45, 7) is 6.46. The van der Waals surface area contributed by atoms with Gasteiger partial charge in [-0.3, -0.25) is 0 Å². The van der Waals surface area contributed by atoms with Gasteiger partial charge in [0.05, 0.1) is 0 Å². The van der Waals surface area contributed by atoms with Gasteiger partial charge in [-0.25, -0.2) is 0 Å². The summed E-state index contributed by atoms with van der Waals surface area (Å²) in [5.74, 6) is 0. The first-order valence-electron chi connectivity index (χ1n) is 3.65. The quantitative estimate of drug-likeness (QED) is 0.491. The van der Waals surface area contributed by atoms with Gasteiger partial charge in [0.15, 0.2) is 0 Å². The number of aryl methyl sites for hydroxylation is 3. The standard InChI is InChI=1S/C9H13B.K.H/c1-6-4-7(2)9(10)8(3)5-6;;/h4-5H,10H2,1-3H3;;. The zero-order chi connectivity index (χ0) is 7.72. The van der Waals surface area contributed by atoms with Crippen molar-refractivity contribution in [2.24, 2.45) is 0 Å². The van der Waals surface area contributed by atoms with E-state index in [1.807, 2.05) is 0 Å². The summed E-state index contributed by atoms with van der Waals surface area (Å²) < 4.78 is 0. The third-order valence-electron chi connectivity index (χ3n) is 2.07. The zero-order valence-electron chi connectivity index (χ0n) is 7.15. The van der Waals surface area contributed by atoms with Crippen LogP contribution in [0.1, 0.15) is 16.7 Å². The summed E-state index contributed by atoms with van der Waals surface area (Å²) in [5, 5.41) is 0. The molecule has 0 nitrogen and oxygen atoms in total. The van der Waals surface area contributed by atoms with Gasteiger partial charge in [0, 0.05) is 0 Å². The van der Waals surface area contributed by atoms with Gasteiger partial charge in [-0.05, 0) is 20.8 Å². The molecule has 11 heavy (non-hydrogen) atoms. The van der Waals surface area contributed by atoms with E-state index in [0.29, 0.717) is 0 Å². The molecule has 0 saturated carbocycles. The van der Waals surface area contributed by atoms with Crippen molar-refractivity contribution in [3.8, 4) is 0 Å². The Morgan fingerprint density at radius 3 is 1.73 bits per heavy atom. The van der Waals surface area contributed by atoms with Crippen LogP contribution >= 0.6 is 0 Å². The molecule has 0 heterocycles. The molecule has 0 radical (unpaired) electrons. The van der Waals surface area contributed by atoms with Crippen molar-refractivity contribution in [1.29, 1.82) is 0 Å². The van der Waals surface area contributed by atoms with Crippen LogP contribution in [-0.4, -0.2) is 59.2 Å². The van der Waals surface area contributed by atoms with Crippen LogP contribution in [0.4, 0.5) is 0 Å². The van der Waals surface area contributed by atoms with E-state index in [1.54, 1.807) is 0 Å². The molecule has 0 aromatic heterocycles. The second-order valence-electron chi connectivity index (χ2n) is 3.02. The summed E-state index contributed by atoms with van der Waals surface area (Å²) in [6.07, 6.45) is 0. The third-order valence-corrected chi connectivity index (χ3v) is 2.07. The van der Waals surface area contributed by atoms with Crippen LogP contribution in [0.5, 0.6) is 0 Å². The fourth-order valence-corrected chi connectivity index (χ4v) is 1.25. The van der Waals surface area contributed by atoms with Crippen molar-refractivity contribution < 1.29 is 0 Å². The van der Waals surface area contributed by atoms with E-state index in [1.165, 1.54) is 22.2 Å². The normalized spacial score (nSPS) is 9.00. The van der Waals surface area contributed by atoms with Gasteiger partial charge in [-0.1, -0.05) is 34.3 Å². The Labute approximate surface area is 113 Å². The minimum absolute atomic E-state index is 0. The second-order valence-corrected chi connectivity index (χ2v) is 3.02. The van der Waals surface area contributed by atoms with Crippen molar-refractivity contribution in [1.82, 2.24) is 0 Å². The van der Waals surface area contributed by atoms with E-state index in [0.717, 1.165) is 0 Å². The Balaban J connectivity index is 0.000001000. The van der Waals surface area contributed by atoms with E-state index in [-0.39, 0.29) is 51.4 Å². The van der Waals surface area contributed by atoms with Crippen LogP contribution in [0.2, 0.25) is 0 Å². The van der Waals surface area contributed by atoms with Gasteiger partial charge in [0.1, 0.15) is 7.85 Å². The Bertz CT molecular complexity index is 233. The van der Waals surface area contributed by atoms with Crippen LogP contribution in [0.15, 0.2) is 12.1 Å². The molecule has 1 aromatic rings. The van der Waals surface area contributed by atoms with Gasteiger partial charge in [0.25, 0.3) is 0 Å². The molecule has 0 atom stereocenters. The summed E-state index contributed by atoms with van der Waals surface area (Å²) in [6, 6.07) is 4.45. The molecule has 0 bridgehead atoms. The van der Waals surface area contributed by atoms with Crippen LogP contribution in [0, 0.1) is 20.8 Å². The molecule has 0 amide bonds. The molecule has 1 aromatic carbocycles. The first-order chi connectivity index (χ1) is 4.61. The third kappa shape index (κ3) is 3.04. The molecular formula is C9H14BK. The predicted octanol–water partition coefficient (Wildman–Crippen LogP) is 0.222. The van der Waals surface area contributed by atoms with E-state index in [9.17, 15) is 0 Å². The fourth-order valence-electron chi connectivity index (χ4n) is 1.25. The molecule has 0 spiro atoms. The summed E-state index contributed by atoms with van der Waals surface area (Å²) in [7, 11) is 2.17. The second kappa shape index (κ2) is 4.83. The SMILES string of the molecule is Bc1c(C)cc(C)cc1C.[KH]. The van der Waals surface area contributed by atoms with E-state index < -0.39 is 0 Å². The molecule has 0 unspecified atom stereocenters. The van der Waals surface area contributed by atoms with Gasteiger partial charge < -0.3 is 0 Å². The van der Waals surface area contributed by atoms with Crippen LogP contribution < -0.4 is 5.46 Å². The topological polar surface area (TPSA) is 0 Å². The Kier molecular flexibility index (Phi) is 5.23. The molecule has 54 valence electrons. The van der Waals surface area contributed by atoms with Crippen LogP contribution in [-0.2, 0) is 0 Å².